The van der Waals surface area contributed by atoms with Gasteiger partial charge < -0.3 is 24.0 Å². The molecule has 9 nitrogen and oxygen atoms in total. The summed E-state index contributed by atoms with van der Waals surface area (Å²) in [5, 5.41) is 0.623. The van der Waals surface area contributed by atoms with Crippen molar-refractivity contribution in [3.05, 3.63) is 48.4 Å². The number of hydrogen-bond donors (Lipinski definition) is 0. The van der Waals surface area contributed by atoms with Gasteiger partial charge in [0.2, 0.25) is 9.84 Å². The molecule has 1 unspecified atom stereocenters. The first-order valence-electron chi connectivity index (χ1n) is 22.0. The summed E-state index contributed by atoms with van der Waals surface area (Å²) in [7, 11) is -2.12. The molecule has 12 heteroatoms. The van der Waals surface area contributed by atoms with Crippen LogP contribution in [0.1, 0.15) is 110 Å². The van der Waals surface area contributed by atoms with Crippen molar-refractivity contribution >= 4 is 37.6 Å². The van der Waals surface area contributed by atoms with Crippen molar-refractivity contribution in [1.82, 2.24) is 19.7 Å². The molecule has 2 aromatic carbocycles. The lowest BCUT2D eigenvalue weighted by molar-refractivity contribution is 0.0495. The Morgan fingerprint density at radius 2 is 1.33 bits per heavy atom. The normalized spacial score (nSPS) is 19.1. The Balaban J connectivity index is 1.08. The predicted molar refractivity (Wildman–Crippen MR) is 231 cm³/mol. The van der Waals surface area contributed by atoms with Crippen LogP contribution in [-0.4, -0.2) is 117 Å². The first-order valence-corrected chi connectivity index (χ1v) is 25.0. The average Bonchev–Trinajstić information content (AvgIpc) is 3.22. The Hall–Kier alpha value is -2.48. The number of benzene rings is 2. The molecule has 0 spiro atoms. The summed E-state index contributed by atoms with van der Waals surface area (Å²) in [6.07, 6.45) is 22.1. The summed E-state index contributed by atoms with van der Waals surface area (Å²) in [6.45, 7) is 10.8. The van der Waals surface area contributed by atoms with Crippen molar-refractivity contribution in [2.45, 2.75) is 136 Å². The van der Waals surface area contributed by atoms with Crippen LogP contribution in [0, 0.1) is 5.82 Å². The van der Waals surface area contributed by atoms with E-state index in [2.05, 4.69) is 38.6 Å². The molecule has 0 bridgehead atoms. The minimum absolute atomic E-state index is 0.0236. The molecule has 316 valence electrons. The third-order valence-corrected chi connectivity index (χ3v) is 15.4. The van der Waals surface area contributed by atoms with E-state index in [0.717, 1.165) is 71.4 Å². The molecule has 0 amide bonds. The lowest BCUT2D eigenvalue weighted by Crippen LogP contribution is -2.54. The van der Waals surface area contributed by atoms with E-state index < -0.39 is 31.7 Å². The lowest BCUT2D eigenvalue weighted by Gasteiger charge is -2.46. The zero-order chi connectivity index (χ0) is 40.2. The van der Waals surface area contributed by atoms with E-state index >= 15 is 4.39 Å². The van der Waals surface area contributed by atoms with Crippen LogP contribution in [0.15, 0.2) is 57.3 Å². The molecule has 3 aliphatic rings. The highest BCUT2D eigenvalue weighted by atomic mass is 32.2. The molecule has 3 aromatic rings. The van der Waals surface area contributed by atoms with Gasteiger partial charge in [-0.2, -0.15) is 0 Å². The van der Waals surface area contributed by atoms with Gasteiger partial charge in [-0.05, 0) is 87.7 Å². The Morgan fingerprint density at radius 1 is 0.754 bits per heavy atom. The predicted octanol–water partition coefficient (Wildman–Crippen LogP) is 8.70. The molecule has 4 heterocycles. The maximum absolute atomic E-state index is 15.8. The third kappa shape index (κ3) is 11.8. The van der Waals surface area contributed by atoms with Crippen molar-refractivity contribution in [2.24, 2.45) is 0 Å². The first-order chi connectivity index (χ1) is 27.7. The molecular weight excluding hydrogens is 758 g/mol. The summed E-state index contributed by atoms with van der Waals surface area (Å²) in [6, 6.07) is 10.5. The molecule has 1 atom stereocenters. The van der Waals surface area contributed by atoms with Gasteiger partial charge in [0, 0.05) is 75.1 Å². The highest BCUT2D eigenvalue weighted by Crippen LogP contribution is 2.39. The number of nitrogens with zero attached hydrogens (tertiary/aromatic N) is 5. The van der Waals surface area contributed by atoms with E-state index in [4.69, 9.17) is 4.74 Å². The number of halogens is 1. The van der Waals surface area contributed by atoms with E-state index in [1.165, 1.54) is 89.0 Å². The second kappa shape index (κ2) is 21.7. The van der Waals surface area contributed by atoms with Gasteiger partial charge in [-0.15, -0.1) is 0 Å². The van der Waals surface area contributed by atoms with E-state index in [0.29, 0.717) is 59.0 Å². The number of likely N-dealkylation sites (tertiary alicyclic amines) is 1. The van der Waals surface area contributed by atoms with Crippen LogP contribution in [0.5, 0.6) is 5.75 Å². The van der Waals surface area contributed by atoms with Gasteiger partial charge >= 0.3 is 0 Å². The fourth-order valence-corrected chi connectivity index (χ4v) is 11.2. The topological polar surface area (TPSA) is 92.3 Å². The second-order valence-electron chi connectivity index (χ2n) is 16.8. The van der Waals surface area contributed by atoms with E-state index in [1.807, 2.05) is 0 Å². The van der Waals surface area contributed by atoms with Crippen LogP contribution >= 0.6 is 0 Å². The second-order valence-corrected chi connectivity index (χ2v) is 20.0. The summed E-state index contributed by atoms with van der Waals surface area (Å²) < 4.78 is 63.2. The molecule has 0 aliphatic carbocycles. The molecule has 6 rings (SSSR count). The Bertz CT molecular complexity index is 1810. The van der Waals surface area contributed by atoms with Crippen LogP contribution in [0.25, 0.3) is 10.9 Å². The number of likely N-dealkylation sites (N-methyl/N-ethyl adjacent to an activating group) is 1. The number of hydrogen-bond acceptors (Lipinski definition) is 9. The molecule has 0 saturated carbocycles. The smallest absolute Gasteiger partial charge is 0.213 e. The zero-order valence-electron chi connectivity index (χ0n) is 34.9. The van der Waals surface area contributed by atoms with Crippen molar-refractivity contribution in [3.8, 4) is 5.75 Å². The van der Waals surface area contributed by atoms with Gasteiger partial charge in [0.25, 0.3) is 0 Å². The SMILES string of the molecule is CCCCCCCCCCCCCCOc1ccc(S(=O)(=O)c2cnc3ccc([S+](C)[O-])cc3c2N2CCC(N3CCC(N4CCN(C)CC4)CC3)CC2)c(F)c1. The molecule has 0 N–H and O–H groups in total. The standard InChI is InChI=1S/C45H68FN5O4S2/c1-4-5-6-7-8-9-10-11-12-13-14-15-32-55-38-16-19-43(41(46)33-38)57(53,54)44-35-47-42-18-17-39(56(3)52)34-40(42)45(44)51-26-22-36(23-27-51)49-24-20-37(21-25-49)50-30-28-48(2)29-31-50/h16-19,33-37H,4-15,20-32H2,1-3H3. The largest absolute Gasteiger partial charge is 0.612 e. The Morgan fingerprint density at radius 3 is 1.93 bits per heavy atom. The van der Waals surface area contributed by atoms with Crippen molar-refractivity contribution < 1.29 is 22.1 Å². The van der Waals surface area contributed by atoms with E-state index in [-0.39, 0.29) is 4.90 Å². The number of ether oxygens (including phenoxy) is 1. The number of aromatic nitrogens is 1. The molecule has 3 saturated heterocycles. The van der Waals surface area contributed by atoms with E-state index in [9.17, 15) is 13.0 Å². The molecule has 1 aromatic heterocycles. The van der Waals surface area contributed by atoms with Crippen LogP contribution in [0.4, 0.5) is 10.1 Å². The summed E-state index contributed by atoms with van der Waals surface area (Å²) in [5.41, 5.74) is 1.14. The van der Waals surface area contributed by atoms with Crippen LogP contribution in [0.2, 0.25) is 0 Å². The van der Waals surface area contributed by atoms with Gasteiger partial charge in [-0.1, -0.05) is 77.6 Å². The minimum Gasteiger partial charge on any atom is -0.612 e. The number of fused-ring (bicyclic) bond motifs is 1. The zero-order valence-corrected chi connectivity index (χ0v) is 36.6. The van der Waals surface area contributed by atoms with Gasteiger partial charge in [0.15, 0.2) is 4.90 Å². The minimum atomic E-state index is -4.32. The number of piperazine rings is 1. The average molecular weight is 826 g/mol. The van der Waals surface area contributed by atoms with Crippen LogP contribution in [-0.2, 0) is 21.0 Å². The molecule has 0 radical (unpaired) electrons. The molecular formula is C45H68FN5O4S2. The van der Waals surface area contributed by atoms with Crippen molar-refractivity contribution in [2.75, 3.05) is 77.2 Å². The highest BCUT2D eigenvalue weighted by Gasteiger charge is 2.35. The Kier molecular flexibility index (Phi) is 16.8. The van der Waals surface area contributed by atoms with Crippen molar-refractivity contribution in [1.29, 1.82) is 0 Å². The number of piperidine rings is 2. The van der Waals surface area contributed by atoms with Crippen molar-refractivity contribution in [3.63, 3.8) is 0 Å². The maximum atomic E-state index is 15.8. The van der Waals surface area contributed by atoms with E-state index in [1.54, 1.807) is 30.5 Å². The fourth-order valence-electron chi connectivity index (χ4n) is 9.14. The van der Waals surface area contributed by atoms with Gasteiger partial charge in [-0.3, -0.25) is 9.88 Å². The quantitative estimate of drug-likeness (QED) is 0.0820. The fraction of sp³-hybridized carbons (Fsp3) is 0.667. The first kappa shape index (κ1) is 44.1. The third-order valence-electron chi connectivity index (χ3n) is 12.7. The molecule has 3 fully saturated rings. The number of sulfone groups is 1. The maximum Gasteiger partial charge on any atom is 0.213 e. The molecule has 57 heavy (non-hydrogen) atoms. The molecule has 3 aliphatic heterocycles. The monoisotopic (exact) mass is 825 g/mol. The van der Waals surface area contributed by atoms with Crippen LogP contribution < -0.4 is 9.64 Å². The number of unbranched alkanes of at least 4 members (excludes halogenated alkanes) is 11. The summed E-state index contributed by atoms with van der Waals surface area (Å²) in [5.74, 6) is -0.508. The van der Waals surface area contributed by atoms with Crippen LogP contribution in [0.3, 0.4) is 0 Å². The van der Waals surface area contributed by atoms with Gasteiger partial charge in [-0.25, -0.2) is 12.8 Å². The number of rotatable bonds is 20. The number of anilines is 1. The number of pyridine rings is 1. The highest BCUT2D eigenvalue weighted by molar-refractivity contribution is 7.91. The Labute approximate surface area is 345 Å². The van der Waals surface area contributed by atoms with Gasteiger partial charge in [0.05, 0.1) is 17.8 Å². The summed E-state index contributed by atoms with van der Waals surface area (Å²) >= 11 is -1.28. The lowest BCUT2D eigenvalue weighted by atomic mass is 9.96. The van der Waals surface area contributed by atoms with Gasteiger partial charge in [0.1, 0.15) is 27.6 Å². The summed E-state index contributed by atoms with van der Waals surface area (Å²) in [4.78, 5) is 14.6.